The predicted molar refractivity (Wildman–Crippen MR) is 75.5 cm³/mol. The Balaban J connectivity index is 0.000000673. The highest BCUT2D eigenvalue weighted by Crippen LogP contribution is 2.18. The Bertz CT molecular complexity index is 392. The summed E-state index contributed by atoms with van der Waals surface area (Å²) in [4.78, 5) is 3.28. The van der Waals surface area contributed by atoms with E-state index in [1.807, 2.05) is 25.2 Å². The lowest BCUT2D eigenvalue weighted by molar-refractivity contribution is 1.32. The summed E-state index contributed by atoms with van der Waals surface area (Å²) in [6, 6.07) is 0. The van der Waals surface area contributed by atoms with E-state index in [9.17, 15) is 0 Å². The fourth-order valence-electron chi connectivity index (χ4n) is 1.27. The normalized spacial score (nSPS) is 9.44. The van der Waals surface area contributed by atoms with Gasteiger partial charge in [0.2, 0.25) is 0 Å². The van der Waals surface area contributed by atoms with E-state index in [1.165, 1.54) is 11.1 Å². The number of rotatable bonds is 3. The van der Waals surface area contributed by atoms with Crippen molar-refractivity contribution in [2.24, 2.45) is 0 Å². The molecule has 0 aliphatic heterocycles. The predicted octanol–water partition coefficient (Wildman–Crippen LogP) is 4.67. The van der Waals surface area contributed by atoms with E-state index in [4.69, 9.17) is 0 Å². The van der Waals surface area contributed by atoms with Gasteiger partial charge in [-0.25, -0.2) is 0 Å². The van der Waals surface area contributed by atoms with Gasteiger partial charge < -0.3 is 4.98 Å². The van der Waals surface area contributed by atoms with Gasteiger partial charge in [-0.3, -0.25) is 0 Å². The van der Waals surface area contributed by atoms with E-state index in [2.05, 4.69) is 38.6 Å². The Kier molecular flexibility index (Phi) is 6.69. The molecule has 1 heteroatoms. The lowest BCUT2D eigenvalue weighted by atomic mass is 10.1. The minimum absolute atomic E-state index is 1.10. The topological polar surface area (TPSA) is 15.8 Å². The molecule has 1 aromatic heterocycles. The fourth-order valence-corrected chi connectivity index (χ4v) is 1.27. The van der Waals surface area contributed by atoms with Crippen LogP contribution in [0.5, 0.6) is 0 Å². The van der Waals surface area contributed by atoms with Crippen molar-refractivity contribution >= 4 is 12.2 Å². The highest BCUT2D eigenvalue weighted by molar-refractivity contribution is 5.60. The minimum atomic E-state index is 1.10. The third kappa shape index (κ3) is 3.77. The van der Waals surface area contributed by atoms with Crippen LogP contribution < -0.4 is 0 Å². The number of aromatic amines is 1. The van der Waals surface area contributed by atoms with Crippen LogP contribution in [-0.4, -0.2) is 4.98 Å². The minimum Gasteiger partial charge on any atom is -0.355 e. The first-order valence-corrected chi connectivity index (χ1v) is 5.30. The SMILES string of the molecule is C=C/C=C\c1[nH]c(C=C)c(C)c1C.C=CC. The van der Waals surface area contributed by atoms with Crippen molar-refractivity contribution in [2.45, 2.75) is 20.8 Å². The zero-order valence-corrected chi connectivity index (χ0v) is 10.5. The molecule has 1 rings (SSSR count). The van der Waals surface area contributed by atoms with E-state index < -0.39 is 0 Å². The van der Waals surface area contributed by atoms with Crippen molar-refractivity contribution in [3.63, 3.8) is 0 Å². The van der Waals surface area contributed by atoms with Crippen LogP contribution in [0.3, 0.4) is 0 Å². The molecule has 1 N–H and O–H groups in total. The van der Waals surface area contributed by atoms with Crippen LogP contribution in [0.25, 0.3) is 12.2 Å². The monoisotopic (exact) mass is 215 g/mol. The van der Waals surface area contributed by atoms with Gasteiger partial charge in [-0.05, 0) is 44.1 Å². The standard InChI is InChI=1S/C12H15N.C3H6/c1-5-7-8-12-10(4)9(3)11(6-2)13-12;1-3-2/h5-8,13H,1-2H2,3-4H3;3H,1H2,2H3/b8-7-;. The smallest absolute Gasteiger partial charge is 0.0417 e. The number of hydrogen-bond acceptors (Lipinski definition) is 0. The third-order valence-corrected chi connectivity index (χ3v) is 2.24. The Labute approximate surface area is 98.9 Å². The summed E-state index contributed by atoms with van der Waals surface area (Å²) in [5, 5.41) is 0. The average molecular weight is 215 g/mol. The lowest BCUT2D eigenvalue weighted by Gasteiger charge is -1.90. The zero-order valence-electron chi connectivity index (χ0n) is 10.5. The molecule has 0 radical (unpaired) electrons. The molecule has 1 nitrogen and oxygen atoms in total. The molecule has 0 saturated carbocycles. The van der Waals surface area contributed by atoms with Crippen molar-refractivity contribution in [2.75, 3.05) is 0 Å². The van der Waals surface area contributed by atoms with E-state index in [-0.39, 0.29) is 0 Å². The second-order valence-electron chi connectivity index (χ2n) is 3.41. The number of allylic oxidation sites excluding steroid dienone is 3. The highest BCUT2D eigenvalue weighted by atomic mass is 14.7. The molecule has 0 aliphatic carbocycles. The maximum absolute atomic E-state index is 3.75. The first-order chi connectivity index (χ1) is 7.62. The Morgan fingerprint density at radius 3 is 1.88 bits per heavy atom. The van der Waals surface area contributed by atoms with Crippen LogP contribution in [0.2, 0.25) is 0 Å². The third-order valence-electron chi connectivity index (χ3n) is 2.24. The van der Waals surface area contributed by atoms with E-state index in [0.717, 1.165) is 11.4 Å². The molecule has 0 atom stereocenters. The summed E-state index contributed by atoms with van der Waals surface area (Å²) < 4.78 is 0. The Morgan fingerprint density at radius 2 is 1.50 bits per heavy atom. The molecular formula is C15H21N. The summed E-state index contributed by atoms with van der Waals surface area (Å²) in [5.41, 5.74) is 4.76. The molecule has 0 saturated heterocycles. The summed E-state index contributed by atoms with van der Waals surface area (Å²) in [6.45, 7) is 16.8. The number of nitrogens with one attached hydrogen (secondary N) is 1. The van der Waals surface area contributed by atoms with Gasteiger partial charge >= 0.3 is 0 Å². The van der Waals surface area contributed by atoms with Crippen LogP contribution in [0.4, 0.5) is 0 Å². The number of aromatic nitrogens is 1. The maximum Gasteiger partial charge on any atom is 0.0417 e. The summed E-state index contributed by atoms with van der Waals surface area (Å²) in [7, 11) is 0. The van der Waals surface area contributed by atoms with Gasteiger partial charge in [-0.15, -0.1) is 6.58 Å². The van der Waals surface area contributed by atoms with Gasteiger partial charge in [-0.1, -0.05) is 31.4 Å². The molecule has 1 aromatic rings. The Hall–Kier alpha value is -1.76. The molecule has 0 unspecified atom stereocenters. The molecular weight excluding hydrogens is 194 g/mol. The maximum atomic E-state index is 3.75. The van der Waals surface area contributed by atoms with Crippen molar-refractivity contribution in [3.05, 3.63) is 60.5 Å². The molecule has 86 valence electrons. The van der Waals surface area contributed by atoms with Crippen molar-refractivity contribution in [1.29, 1.82) is 0 Å². The summed E-state index contributed by atoms with van der Waals surface area (Å²) >= 11 is 0. The van der Waals surface area contributed by atoms with E-state index in [1.54, 1.807) is 12.2 Å². The second kappa shape index (κ2) is 7.52. The van der Waals surface area contributed by atoms with Gasteiger partial charge in [0.15, 0.2) is 0 Å². The van der Waals surface area contributed by atoms with Crippen LogP contribution in [-0.2, 0) is 0 Å². The van der Waals surface area contributed by atoms with Gasteiger partial charge in [0.25, 0.3) is 0 Å². The summed E-state index contributed by atoms with van der Waals surface area (Å²) in [6.07, 6.45) is 9.30. The Morgan fingerprint density at radius 1 is 1.00 bits per heavy atom. The number of hydrogen-bond donors (Lipinski definition) is 1. The van der Waals surface area contributed by atoms with Gasteiger partial charge in [0.05, 0.1) is 0 Å². The first kappa shape index (κ1) is 14.2. The van der Waals surface area contributed by atoms with Gasteiger partial charge in [0, 0.05) is 11.4 Å². The van der Waals surface area contributed by atoms with Crippen LogP contribution in [0.1, 0.15) is 29.4 Å². The van der Waals surface area contributed by atoms with E-state index >= 15 is 0 Å². The lowest BCUT2D eigenvalue weighted by Crippen LogP contribution is -1.75. The highest BCUT2D eigenvalue weighted by Gasteiger charge is 2.04. The molecule has 0 spiro atoms. The van der Waals surface area contributed by atoms with Crippen LogP contribution in [0, 0.1) is 13.8 Å². The second-order valence-corrected chi connectivity index (χ2v) is 3.41. The fraction of sp³-hybridized carbons (Fsp3) is 0.200. The molecule has 1 heterocycles. The van der Waals surface area contributed by atoms with Crippen molar-refractivity contribution in [3.8, 4) is 0 Å². The molecule has 0 aliphatic rings. The molecule has 0 aromatic carbocycles. The quantitative estimate of drug-likeness (QED) is 0.557. The zero-order chi connectivity index (χ0) is 12.6. The molecule has 0 bridgehead atoms. The largest absolute Gasteiger partial charge is 0.355 e. The van der Waals surface area contributed by atoms with E-state index in [0.29, 0.717) is 0 Å². The van der Waals surface area contributed by atoms with Gasteiger partial charge in [-0.2, -0.15) is 0 Å². The van der Waals surface area contributed by atoms with Crippen molar-refractivity contribution < 1.29 is 0 Å². The van der Waals surface area contributed by atoms with Crippen LogP contribution >= 0.6 is 0 Å². The van der Waals surface area contributed by atoms with Crippen molar-refractivity contribution in [1.82, 2.24) is 4.98 Å². The number of H-pyrrole nitrogens is 1. The summed E-state index contributed by atoms with van der Waals surface area (Å²) in [5.74, 6) is 0. The molecule has 0 fully saturated rings. The first-order valence-electron chi connectivity index (χ1n) is 5.30. The van der Waals surface area contributed by atoms with Gasteiger partial charge in [0.1, 0.15) is 0 Å². The average Bonchev–Trinajstić information content (AvgIpc) is 2.54. The van der Waals surface area contributed by atoms with Crippen LogP contribution in [0.15, 0.2) is 38.0 Å². The molecule has 0 amide bonds. The molecule has 16 heavy (non-hydrogen) atoms.